The first-order valence-corrected chi connectivity index (χ1v) is 15.3. The van der Waals surface area contributed by atoms with E-state index in [4.69, 9.17) is 9.47 Å². The molecule has 3 heterocycles. The first kappa shape index (κ1) is 23.9. The molecule has 0 bridgehead atoms. The summed E-state index contributed by atoms with van der Waals surface area (Å²) in [7, 11) is -3.32. The highest BCUT2D eigenvalue weighted by molar-refractivity contribution is 7.86. The van der Waals surface area contributed by atoms with Crippen molar-refractivity contribution >= 4 is 23.1 Å². The molecule has 5 aromatic carbocycles. The fraction of sp³-hybridized carbons (Fsp3) is 0.0278. The molecule has 0 atom stereocenters. The molecule has 196 valence electrons. The standard InChI is InChI=1S/C36H24NO3P/c1-23-18-28(16-17-37-23)29-21-32-36-33(22-29)40-31-20-27(25-10-6-3-7-11-25)13-15-35(31)41(36,38)34-14-12-26(19-30(34)39-32)24-8-4-2-5-9-24/h2-22H,1H3. The summed E-state index contributed by atoms with van der Waals surface area (Å²) >= 11 is 0. The van der Waals surface area contributed by atoms with E-state index < -0.39 is 7.14 Å². The van der Waals surface area contributed by atoms with Crippen molar-refractivity contribution in [1.82, 2.24) is 4.98 Å². The van der Waals surface area contributed by atoms with E-state index in [1.165, 1.54) is 0 Å². The Morgan fingerprint density at radius 3 is 1.51 bits per heavy atom. The van der Waals surface area contributed by atoms with Crippen LogP contribution in [0.25, 0.3) is 33.4 Å². The van der Waals surface area contributed by atoms with Crippen LogP contribution in [-0.4, -0.2) is 4.98 Å². The van der Waals surface area contributed by atoms with Gasteiger partial charge < -0.3 is 14.0 Å². The highest BCUT2D eigenvalue weighted by Gasteiger charge is 2.46. The number of aryl methyl sites for hydroxylation is 1. The van der Waals surface area contributed by atoms with Crippen LogP contribution in [0.2, 0.25) is 0 Å². The number of hydrogen-bond donors (Lipinski definition) is 0. The van der Waals surface area contributed by atoms with Crippen LogP contribution < -0.4 is 25.4 Å². The Morgan fingerprint density at radius 1 is 0.512 bits per heavy atom. The van der Waals surface area contributed by atoms with Gasteiger partial charge >= 0.3 is 0 Å². The molecular weight excluding hydrogens is 525 g/mol. The fourth-order valence-corrected chi connectivity index (χ4v) is 8.87. The molecule has 0 spiro atoms. The molecule has 2 aliphatic heterocycles. The second-order valence-electron chi connectivity index (χ2n) is 10.4. The van der Waals surface area contributed by atoms with Gasteiger partial charge in [0.2, 0.25) is 0 Å². The van der Waals surface area contributed by atoms with Crippen LogP contribution in [0.3, 0.4) is 0 Å². The van der Waals surface area contributed by atoms with Crippen molar-refractivity contribution in [3.8, 4) is 56.4 Å². The lowest BCUT2D eigenvalue weighted by molar-refractivity contribution is 0.462. The normalized spacial score (nSPS) is 13.7. The van der Waals surface area contributed by atoms with Crippen molar-refractivity contribution < 1.29 is 14.0 Å². The maximum absolute atomic E-state index is 15.6. The van der Waals surface area contributed by atoms with Gasteiger partial charge in [-0.05, 0) is 88.8 Å². The summed E-state index contributed by atoms with van der Waals surface area (Å²) < 4.78 is 28.7. The monoisotopic (exact) mass is 549 g/mol. The van der Waals surface area contributed by atoms with Gasteiger partial charge in [0.25, 0.3) is 0 Å². The summed E-state index contributed by atoms with van der Waals surface area (Å²) in [5, 5.41) is 2.00. The number of benzene rings is 5. The number of aromatic nitrogens is 1. The molecule has 0 radical (unpaired) electrons. The third kappa shape index (κ3) is 3.76. The average molecular weight is 550 g/mol. The van der Waals surface area contributed by atoms with Crippen LogP contribution in [-0.2, 0) is 4.57 Å². The second-order valence-corrected chi connectivity index (χ2v) is 13.0. The first-order valence-electron chi connectivity index (χ1n) is 13.6. The number of fused-ring (bicyclic) bond motifs is 4. The van der Waals surface area contributed by atoms with Crippen LogP contribution in [0.5, 0.6) is 23.0 Å². The third-order valence-electron chi connectivity index (χ3n) is 7.84. The molecule has 2 aliphatic rings. The number of pyridine rings is 1. The minimum Gasteiger partial charge on any atom is -0.456 e. The molecule has 41 heavy (non-hydrogen) atoms. The van der Waals surface area contributed by atoms with E-state index in [-0.39, 0.29) is 0 Å². The van der Waals surface area contributed by atoms with Gasteiger partial charge in [0.1, 0.15) is 28.3 Å². The van der Waals surface area contributed by atoms with E-state index in [1.807, 2.05) is 104 Å². The minimum atomic E-state index is -3.32. The van der Waals surface area contributed by atoms with Gasteiger partial charge in [-0.25, -0.2) is 0 Å². The highest BCUT2D eigenvalue weighted by atomic mass is 31.2. The van der Waals surface area contributed by atoms with Crippen LogP contribution in [0.4, 0.5) is 0 Å². The van der Waals surface area contributed by atoms with Gasteiger partial charge in [0.15, 0.2) is 7.14 Å². The van der Waals surface area contributed by atoms with Gasteiger partial charge in [-0.2, -0.15) is 0 Å². The lowest BCUT2D eigenvalue weighted by atomic mass is 10.0. The van der Waals surface area contributed by atoms with Crippen LogP contribution in [0.1, 0.15) is 5.69 Å². The zero-order valence-corrected chi connectivity index (χ0v) is 23.1. The number of rotatable bonds is 3. The SMILES string of the molecule is Cc1cc(-c2cc3c4c(c2)Oc2cc(-c5ccccc5)ccc2P4(=O)c2ccc(-c4ccccc4)cc2O3)ccn1. The molecule has 0 aliphatic carbocycles. The summed E-state index contributed by atoms with van der Waals surface area (Å²) in [6.45, 7) is 1.97. The van der Waals surface area contributed by atoms with Crippen molar-refractivity contribution in [2.75, 3.05) is 0 Å². The number of nitrogens with zero attached hydrogens (tertiary/aromatic N) is 1. The molecule has 1 aromatic heterocycles. The van der Waals surface area contributed by atoms with Crippen molar-refractivity contribution in [2.45, 2.75) is 6.92 Å². The van der Waals surface area contributed by atoms with E-state index in [0.717, 1.165) is 39.1 Å². The van der Waals surface area contributed by atoms with Gasteiger partial charge in [-0.15, -0.1) is 0 Å². The maximum Gasteiger partial charge on any atom is 0.185 e. The van der Waals surface area contributed by atoms with Crippen molar-refractivity contribution in [2.24, 2.45) is 0 Å². The molecule has 5 heteroatoms. The Balaban J connectivity index is 1.37. The van der Waals surface area contributed by atoms with Crippen LogP contribution in [0.15, 0.2) is 128 Å². The van der Waals surface area contributed by atoms with E-state index >= 15 is 4.57 Å². The van der Waals surface area contributed by atoms with E-state index in [1.54, 1.807) is 6.20 Å². The molecule has 0 saturated heterocycles. The number of ether oxygens (including phenoxy) is 2. The molecule has 4 nitrogen and oxygen atoms in total. The van der Waals surface area contributed by atoms with Gasteiger partial charge in [-0.1, -0.05) is 72.8 Å². The second kappa shape index (κ2) is 9.05. The topological polar surface area (TPSA) is 48.4 Å². The molecule has 0 saturated carbocycles. The van der Waals surface area contributed by atoms with Gasteiger partial charge in [-0.3, -0.25) is 4.98 Å². The van der Waals surface area contributed by atoms with Gasteiger partial charge in [0, 0.05) is 11.9 Å². The lowest BCUT2D eigenvalue weighted by Crippen LogP contribution is -2.35. The van der Waals surface area contributed by atoms with Crippen LogP contribution in [0, 0.1) is 6.92 Å². The minimum absolute atomic E-state index is 0.561. The average Bonchev–Trinajstić information content (AvgIpc) is 3.01. The van der Waals surface area contributed by atoms with Crippen LogP contribution >= 0.6 is 7.14 Å². The summed E-state index contributed by atoms with van der Waals surface area (Å²) in [5.74, 6) is 2.34. The third-order valence-corrected chi connectivity index (χ3v) is 11.0. The Hall–Kier alpha value is -4.92. The Kier molecular flexibility index (Phi) is 5.28. The van der Waals surface area contributed by atoms with E-state index in [2.05, 4.69) is 29.2 Å². The fourth-order valence-electron chi connectivity index (χ4n) is 5.88. The molecule has 0 N–H and O–H groups in total. The van der Waals surface area contributed by atoms with E-state index in [0.29, 0.717) is 38.9 Å². The zero-order chi connectivity index (χ0) is 27.6. The molecule has 6 aromatic rings. The predicted octanol–water partition coefficient (Wildman–Crippen LogP) is 8.24. The Labute approximate surface area is 238 Å². The summed E-state index contributed by atoms with van der Waals surface area (Å²) in [6.07, 6.45) is 1.80. The maximum atomic E-state index is 15.6. The lowest BCUT2D eigenvalue weighted by Gasteiger charge is -2.35. The van der Waals surface area contributed by atoms with Gasteiger partial charge in [0.05, 0.1) is 10.6 Å². The van der Waals surface area contributed by atoms with E-state index in [9.17, 15) is 0 Å². The van der Waals surface area contributed by atoms with Crippen molar-refractivity contribution in [1.29, 1.82) is 0 Å². The predicted molar refractivity (Wildman–Crippen MR) is 165 cm³/mol. The molecule has 8 rings (SSSR count). The quantitative estimate of drug-likeness (QED) is 0.208. The summed E-state index contributed by atoms with van der Waals surface area (Å²) in [4.78, 5) is 4.36. The Morgan fingerprint density at radius 2 is 1.00 bits per heavy atom. The first-order chi connectivity index (χ1) is 20.1. The summed E-state index contributed by atoms with van der Waals surface area (Å²) in [6, 6.07) is 40.3. The molecular formula is C36H24NO3P. The summed E-state index contributed by atoms with van der Waals surface area (Å²) in [5.41, 5.74) is 6.99. The molecule has 0 fully saturated rings. The Bertz CT molecular complexity index is 1920. The zero-order valence-electron chi connectivity index (χ0n) is 22.2. The van der Waals surface area contributed by atoms with Crippen molar-refractivity contribution in [3.63, 3.8) is 0 Å². The van der Waals surface area contributed by atoms with Crippen molar-refractivity contribution in [3.05, 3.63) is 133 Å². The number of hydrogen-bond acceptors (Lipinski definition) is 4. The molecule has 0 amide bonds. The smallest absolute Gasteiger partial charge is 0.185 e. The largest absolute Gasteiger partial charge is 0.456 e. The highest BCUT2D eigenvalue weighted by Crippen LogP contribution is 2.59. The molecule has 0 unspecified atom stereocenters.